The quantitative estimate of drug-likeness (QED) is 0.653. The van der Waals surface area contributed by atoms with Crippen LogP contribution in [0.2, 0.25) is 0 Å². The Morgan fingerprint density at radius 2 is 1.52 bits per heavy atom. The van der Waals surface area contributed by atoms with E-state index in [4.69, 9.17) is 4.74 Å². The van der Waals surface area contributed by atoms with E-state index in [1.165, 1.54) is 4.31 Å². The molecule has 1 aliphatic heterocycles. The molecule has 0 bridgehead atoms. The first-order chi connectivity index (χ1) is 14.8. The van der Waals surface area contributed by atoms with Crippen molar-refractivity contribution in [2.75, 3.05) is 11.6 Å². The molecule has 0 spiro atoms. The van der Waals surface area contributed by atoms with Gasteiger partial charge in [0.1, 0.15) is 17.5 Å². The average molecular weight is 437 g/mol. The standard InChI is InChI=1S/C24H24N2O4S/c1-17-7-11-21(12-8-17)30-22-13-9-20(10-14-22)25-24(27)23-15-18-5-3-4-6-19(18)16-26(23)31(2,28)29/h3-14,23H,15-16H2,1-2H3,(H,25,27)/t23-/m0/s1. The molecule has 3 aromatic carbocycles. The Bertz CT molecular complexity index is 1190. The lowest BCUT2D eigenvalue weighted by Crippen LogP contribution is -2.50. The topological polar surface area (TPSA) is 75.7 Å². The van der Waals surface area contributed by atoms with Crippen LogP contribution in [0.3, 0.4) is 0 Å². The van der Waals surface area contributed by atoms with E-state index < -0.39 is 16.1 Å². The number of fused-ring (bicyclic) bond motifs is 1. The van der Waals surface area contributed by atoms with Gasteiger partial charge in [0.05, 0.1) is 6.26 Å². The van der Waals surface area contributed by atoms with E-state index in [-0.39, 0.29) is 12.5 Å². The van der Waals surface area contributed by atoms with Crippen molar-refractivity contribution in [3.05, 3.63) is 89.5 Å². The number of hydrogen-bond acceptors (Lipinski definition) is 4. The highest BCUT2D eigenvalue weighted by atomic mass is 32.2. The Labute approximate surface area is 182 Å². The highest BCUT2D eigenvalue weighted by Crippen LogP contribution is 2.27. The molecule has 1 aliphatic rings. The summed E-state index contributed by atoms with van der Waals surface area (Å²) in [5.41, 5.74) is 3.64. The third kappa shape index (κ3) is 4.95. The van der Waals surface area contributed by atoms with E-state index in [2.05, 4.69) is 5.32 Å². The maximum absolute atomic E-state index is 13.0. The van der Waals surface area contributed by atoms with Crippen molar-refractivity contribution < 1.29 is 17.9 Å². The number of sulfonamides is 1. The molecule has 0 aromatic heterocycles. The van der Waals surface area contributed by atoms with Gasteiger partial charge in [-0.2, -0.15) is 4.31 Å². The molecule has 0 radical (unpaired) electrons. The summed E-state index contributed by atoms with van der Waals surface area (Å²) >= 11 is 0. The Kier molecular flexibility index (Phi) is 5.80. The van der Waals surface area contributed by atoms with E-state index in [9.17, 15) is 13.2 Å². The van der Waals surface area contributed by atoms with Crippen LogP contribution in [-0.4, -0.2) is 30.9 Å². The first kappa shape index (κ1) is 21.1. The predicted octanol–water partition coefficient (Wildman–Crippen LogP) is 4.11. The molecule has 1 atom stereocenters. The van der Waals surface area contributed by atoms with Crippen molar-refractivity contribution in [1.82, 2.24) is 4.31 Å². The predicted molar refractivity (Wildman–Crippen MR) is 121 cm³/mol. The van der Waals surface area contributed by atoms with Crippen molar-refractivity contribution in [2.45, 2.75) is 25.9 Å². The van der Waals surface area contributed by atoms with Crippen molar-refractivity contribution in [1.29, 1.82) is 0 Å². The highest BCUT2D eigenvalue weighted by molar-refractivity contribution is 7.88. The lowest BCUT2D eigenvalue weighted by molar-refractivity contribution is -0.120. The minimum absolute atomic E-state index is 0.191. The van der Waals surface area contributed by atoms with Gasteiger partial charge < -0.3 is 10.1 Å². The lowest BCUT2D eigenvalue weighted by Gasteiger charge is -2.34. The van der Waals surface area contributed by atoms with E-state index in [1.54, 1.807) is 24.3 Å². The number of ether oxygens (including phenoxy) is 1. The SMILES string of the molecule is Cc1ccc(Oc2ccc(NC(=O)[C@@H]3Cc4ccccc4CN3S(C)(=O)=O)cc2)cc1. The van der Waals surface area contributed by atoms with E-state index >= 15 is 0 Å². The fourth-order valence-electron chi connectivity index (χ4n) is 3.65. The number of hydrogen-bond donors (Lipinski definition) is 1. The summed E-state index contributed by atoms with van der Waals surface area (Å²) < 4.78 is 31.7. The second-order valence-electron chi connectivity index (χ2n) is 7.73. The lowest BCUT2D eigenvalue weighted by atomic mass is 9.95. The minimum Gasteiger partial charge on any atom is -0.457 e. The van der Waals surface area contributed by atoms with Crippen molar-refractivity contribution in [3.63, 3.8) is 0 Å². The van der Waals surface area contributed by atoms with Crippen LogP contribution < -0.4 is 10.1 Å². The largest absolute Gasteiger partial charge is 0.457 e. The molecule has 31 heavy (non-hydrogen) atoms. The molecule has 0 saturated heterocycles. The number of rotatable bonds is 5. The number of amides is 1. The van der Waals surface area contributed by atoms with Gasteiger partial charge in [0.25, 0.3) is 0 Å². The van der Waals surface area contributed by atoms with E-state index in [0.29, 0.717) is 17.9 Å². The van der Waals surface area contributed by atoms with Crippen LogP contribution in [0, 0.1) is 6.92 Å². The Morgan fingerprint density at radius 1 is 0.935 bits per heavy atom. The first-order valence-electron chi connectivity index (χ1n) is 9.99. The number of anilines is 1. The number of nitrogens with one attached hydrogen (secondary N) is 1. The van der Waals surface area contributed by atoms with Crippen LogP contribution in [-0.2, 0) is 27.8 Å². The molecule has 6 nitrogen and oxygen atoms in total. The average Bonchev–Trinajstić information content (AvgIpc) is 2.75. The molecular weight excluding hydrogens is 412 g/mol. The summed E-state index contributed by atoms with van der Waals surface area (Å²) in [6.07, 6.45) is 1.47. The maximum Gasteiger partial charge on any atom is 0.243 e. The van der Waals surface area contributed by atoms with Crippen LogP contribution in [0.5, 0.6) is 11.5 Å². The molecule has 1 heterocycles. The van der Waals surface area contributed by atoms with Gasteiger partial charge in [0.2, 0.25) is 15.9 Å². The third-order valence-electron chi connectivity index (χ3n) is 5.31. The molecule has 0 fully saturated rings. The molecule has 0 saturated carbocycles. The summed E-state index contributed by atoms with van der Waals surface area (Å²) in [6, 6.07) is 21.5. The van der Waals surface area contributed by atoms with Crippen LogP contribution in [0.25, 0.3) is 0 Å². The fourth-order valence-corrected chi connectivity index (χ4v) is 4.65. The molecule has 3 aromatic rings. The van der Waals surface area contributed by atoms with Gasteiger partial charge in [-0.05, 0) is 60.9 Å². The summed E-state index contributed by atoms with van der Waals surface area (Å²) in [4.78, 5) is 13.0. The Balaban J connectivity index is 1.48. The Morgan fingerprint density at radius 3 is 2.13 bits per heavy atom. The van der Waals surface area contributed by atoms with Gasteiger partial charge in [-0.1, -0.05) is 42.0 Å². The van der Waals surface area contributed by atoms with Gasteiger partial charge >= 0.3 is 0 Å². The van der Waals surface area contributed by atoms with Gasteiger partial charge in [-0.3, -0.25) is 4.79 Å². The van der Waals surface area contributed by atoms with Crippen LogP contribution in [0.4, 0.5) is 5.69 Å². The van der Waals surface area contributed by atoms with Gasteiger partial charge in [-0.15, -0.1) is 0 Å². The molecular formula is C24H24N2O4S. The monoisotopic (exact) mass is 436 g/mol. The van der Waals surface area contributed by atoms with Gasteiger partial charge in [0, 0.05) is 12.2 Å². The minimum atomic E-state index is -3.55. The fraction of sp³-hybridized carbons (Fsp3) is 0.208. The number of carbonyl (C=O) groups is 1. The molecule has 160 valence electrons. The summed E-state index contributed by atoms with van der Waals surface area (Å²) in [5, 5.41) is 2.84. The summed E-state index contributed by atoms with van der Waals surface area (Å²) in [5.74, 6) is 1.02. The zero-order chi connectivity index (χ0) is 22.0. The van der Waals surface area contributed by atoms with Crippen molar-refractivity contribution >= 4 is 21.6 Å². The van der Waals surface area contributed by atoms with Gasteiger partial charge in [-0.25, -0.2) is 8.42 Å². The number of aryl methyl sites for hydroxylation is 1. The van der Waals surface area contributed by atoms with Crippen LogP contribution >= 0.6 is 0 Å². The van der Waals surface area contributed by atoms with Crippen LogP contribution in [0.1, 0.15) is 16.7 Å². The molecule has 0 aliphatic carbocycles. The molecule has 4 rings (SSSR count). The van der Waals surface area contributed by atoms with Crippen molar-refractivity contribution in [2.24, 2.45) is 0 Å². The molecule has 7 heteroatoms. The molecule has 1 N–H and O–H groups in total. The van der Waals surface area contributed by atoms with E-state index in [0.717, 1.165) is 28.7 Å². The van der Waals surface area contributed by atoms with Gasteiger partial charge in [0.15, 0.2) is 0 Å². The summed E-state index contributed by atoms with van der Waals surface area (Å²) in [7, 11) is -3.55. The van der Waals surface area contributed by atoms with Crippen molar-refractivity contribution in [3.8, 4) is 11.5 Å². The number of benzene rings is 3. The number of nitrogens with zero attached hydrogens (tertiary/aromatic N) is 1. The molecule has 0 unspecified atom stereocenters. The third-order valence-corrected chi connectivity index (χ3v) is 6.55. The smallest absolute Gasteiger partial charge is 0.243 e. The zero-order valence-electron chi connectivity index (χ0n) is 17.4. The van der Waals surface area contributed by atoms with E-state index in [1.807, 2.05) is 55.5 Å². The second kappa shape index (κ2) is 8.53. The summed E-state index contributed by atoms with van der Waals surface area (Å²) in [6.45, 7) is 2.20. The normalized spacial score (nSPS) is 16.4. The Hall–Kier alpha value is -3.16. The number of carbonyl (C=O) groups excluding carboxylic acids is 1. The zero-order valence-corrected chi connectivity index (χ0v) is 18.2. The van der Waals surface area contributed by atoms with Crippen LogP contribution in [0.15, 0.2) is 72.8 Å². The molecule has 1 amide bonds. The maximum atomic E-state index is 13.0. The second-order valence-corrected chi connectivity index (χ2v) is 9.66. The first-order valence-corrected chi connectivity index (χ1v) is 11.8. The highest BCUT2D eigenvalue weighted by Gasteiger charge is 2.36.